The Labute approximate surface area is 123 Å². The molecule has 104 valence electrons. The number of hydrogen-bond donors (Lipinski definition) is 1. The second kappa shape index (κ2) is 6.97. The van der Waals surface area contributed by atoms with Gasteiger partial charge in [-0.1, -0.05) is 6.07 Å². The maximum absolute atomic E-state index is 11.7. The van der Waals surface area contributed by atoms with Crippen LogP contribution in [0.4, 0.5) is 5.13 Å². The van der Waals surface area contributed by atoms with Gasteiger partial charge in [-0.15, -0.1) is 22.7 Å². The summed E-state index contributed by atoms with van der Waals surface area (Å²) < 4.78 is 4.82. The van der Waals surface area contributed by atoms with Crippen molar-refractivity contribution in [2.24, 2.45) is 0 Å². The summed E-state index contributed by atoms with van der Waals surface area (Å²) in [4.78, 5) is 28.1. The molecule has 0 unspecified atom stereocenters. The van der Waals surface area contributed by atoms with Crippen LogP contribution in [-0.4, -0.2) is 23.5 Å². The van der Waals surface area contributed by atoms with E-state index in [0.29, 0.717) is 11.7 Å². The number of thiophene rings is 1. The van der Waals surface area contributed by atoms with Crippen LogP contribution < -0.4 is 5.32 Å². The molecule has 1 amide bonds. The van der Waals surface area contributed by atoms with Crippen molar-refractivity contribution in [2.45, 2.75) is 6.92 Å². The van der Waals surface area contributed by atoms with Crippen molar-refractivity contribution in [3.63, 3.8) is 0 Å². The van der Waals surface area contributed by atoms with Gasteiger partial charge >= 0.3 is 5.97 Å². The average Bonchev–Trinajstić information content (AvgIpc) is 3.07. The molecule has 5 nitrogen and oxygen atoms in total. The highest BCUT2D eigenvalue weighted by Crippen LogP contribution is 2.16. The molecule has 0 aromatic carbocycles. The first-order valence-electron chi connectivity index (χ1n) is 5.84. The molecule has 7 heteroatoms. The van der Waals surface area contributed by atoms with Crippen molar-refractivity contribution in [3.8, 4) is 0 Å². The lowest BCUT2D eigenvalue weighted by Gasteiger charge is -1.97. The fourth-order valence-electron chi connectivity index (χ4n) is 1.32. The number of carbonyl (C=O) groups excluding carboxylic acids is 2. The predicted octanol–water partition coefficient (Wildman–Crippen LogP) is 3.03. The molecule has 0 aliphatic heterocycles. The van der Waals surface area contributed by atoms with Crippen LogP contribution in [0.15, 0.2) is 29.0 Å². The highest BCUT2D eigenvalue weighted by atomic mass is 32.1. The Morgan fingerprint density at radius 3 is 3.00 bits per heavy atom. The zero-order chi connectivity index (χ0) is 14.4. The molecular weight excluding hydrogens is 296 g/mol. The molecule has 20 heavy (non-hydrogen) atoms. The van der Waals surface area contributed by atoms with Gasteiger partial charge in [-0.3, -0.25) is 10.1 Å². The summed E-state index contributed by atoms with van der Waals surface area (Å²) >= 11 is 2.72. The van der Waals surface area contributed by atoms with Crippen LogP contribution in [-0.2, 0) is 9.53 Å². The lowest BCUT2D eigenvalue weighted by atomic mass is 10.4. The predicted molar refractivity (Wildman–Crippen MR) is 80.1 cm³/mol. The minimum atomic E-state index is -0.488. The fraction of sp³-hybridized carbons (Fsp3) is 0.154. The van der Waals surface area contributed by atoms with Crippen LogP contribution in [0.5, 0.6) is 0 Å². The van der Waals surface area contributed by atoms with Gasteiger partial charge in [0.25, 0.3) is 0 Å². The molecule has 0 spiro atoms. The normalized spacial score (nSPS) is 10.7. The number of hydrogen-bond acceptors (Lipinski definition) is 6. The minimum absolute atomic E-state index is 0.203. The largest absolute Gasteiger partial charge is 0.461 e. The number of nitrogens with one attached hydrogen (secondary N) is 1. The average molecular weight is 308 g/mol. The number of rotatable bonds is 5. The Morgan fingerprint density at radius 2 is 2.30 bits per heavy atom. The van der Waals surface area contributed by atoms with Crippen LogP contribution >= 0.6 is 22.7 Å². The van der Waals surface area contributed by atoms with Gasteiger partial charge in [-0.05, 0) is 24.4 Å². The van der Waals surface area contributed by atoms with E-state index in [1.807, 2.05) is 17.5 Å². The maximum Gasteiger partial charge on any atom is 0.357 e. The third-order valence-electron chi connectivity index (χ3n) is 2.16. The lowest BCUT2D eigenvalue weighted by Crippen LogP contribution is -2.09. The summed E-state index contributed by atoms with van der Waals surface area (Å²) in [5.74, 6) is -0.776. The molecule has 0 aliphatic rings. The van der Waals surface area contributed by atoms with Crippen LogP contribution in [0, 0.1) is 0 Å². The lowest BCUT2D eigenvalue weighted by molar-refractivity contribution is -0.111. The smallest absolute Gasteiger partial charge is 0.357 e. The molecule has 0 atom stereocenters. The number of amides is 1. The SMILES string of the molecule is CCOC(=O)c1csc(NC(=O)C=Cc2cccs2)n1. The molecule has 0 aliphatic carbocycles. The third kappa shape index (κ3) is 4.01. The van der Waals surface area contributed by atoms with E-state index < -0.39 is 5.97 Å². The van der Waals surface area contributed by atoms with Gasteiger partial charge in [0.05, 0.1) is 6.61 Å². The van der Waals surface area contributed by atoms with Gasteiger partial charge in [0.15, 0.2) is 10.8 Å². The fourth-order valence-corrected chi connectivity index (χ4v) is 2.62. The van der Waals surface area contributed by atoms with E-state index in [4.69, 9.17) is 4.74 Å². The van der Waals surface area contributed by atoms with E-state index in [1.54, 1.807) is 29.7 Å². The van der Waals surface area contributed by atoms with Crippen LogP contribution in [0.25, 0.3) is 6.08 Å². The van der Waals surface area contributed by atoms with Gasteiger partial charge in [-0.25, -0.2) is 9.78 Å². The first-order valence-corrected chi connectivity index (χ1v) is 7.60. The second-order valence-electron chi connectivity index (χ2n) is 3.60. The Balaban J connectivity index is 1.93. The van der Waals surface area contributed by atoms with Gasteiger partial charge in [0, 0.05) is 16.3 Å². The summed E-state index contributed by atoms with van der Waals surface area (Å²) in [7, 11) is 0. The van der Waals surface area contributed by atoms with E-state index in [0.717, 1.165) is 4.88 Å². The van der Waals surface area contributed by atoms with Gasteiger partial charge < -0.3 is 4.74 Å². The van der Waals surface area contributed by atoms with Crippen LogP contribution in [0.1, 0.15) is 22.3 Å². The Hall–Kier alpha value is -1.99. The zero-order valence-electron chi connectivity index (χ0n) is 10.7. The van der Waals surface area contributed by atoms with Crippen molar-refractivity contribution in [3.05, 3.63) is 39.5 Å². The van der Waals surface area contributed by atoms with Crippen molar-refractivity contribution in [1.82, 2.24) is 4.98 Å². The first-order chi connectivity index (χ1) is 9.69. The molecule has 2 rings (SSSR count). The van der Waals surface area contributed by atoms with Crippen molar-refractivity contribution in [2.75, 3.05) is 11.9 Å². The number of esters is 1. The van der Waals surface area contributed by atoms with E-state index in [9.17, 15) is 9.59 Å². The van der Waals surface area contributed by atoms with Crippen LogP contribution in [0.2, 0.25) is 0 Å². The summed E-state index contributed by atoms with van der Waals surface area (Å²) in [6.45, 7) is 2.02. The highest BCUT2D eigenvalue weighted by molar-refractivity contribution is 7.14. The minimum Gasteiger partial charge on any atom is -0.461 e. The van der Waals surface area contributed by atoms with Gasteiger partial charge in [-0.2, -0.15) is 0 Å². The second-order valence-corrected chi connectivity index (χ2v) is 5.43. The molecular formula is C13H12N2O3S2. The topological polar surface area (TPSA) is 68.3 Å². The first kappa shape index (κ1) is 14.4. The number of ether oxygens (including phenoxy) is 1. The van der Waals surface area contributed by atoms with Crippen molar-refractivity contribution >= 4 is 45.8 Å². The summed E-state index contributed by atoms with van der Waals surface area (Å²) in [6, 6.07) is 3.82. The monoisotopic (exact) mass is 308 g/mol. The molecule has 0 radical (unpaired) electrons. The number of thiazole rings is 1. The molecule has 0 fully saturated rings. The van der Waals surface area contributed by atoms with E-state index >= 15 is 0 Å². The number of aromatic nitrogens is 1. The number of anilines is 1. The van der Waals surface area contributed by atoms with Crippen molar-refractivity contribution in [1.29, 1.82) is 0 Å². The molecule has 0 bridgehead atoms. The number of nitrogens with zero attached hydrogens (tertiary/aromatic N) is 1. The summed E-state index contributed by atoms with van der Waals surface area (Å²) in [6.07, 6.45) is 3.15. The quantitative estimate of drug-likeness (QED) is 0.681. The highest BCUT2D eigenvalue weighted by Gasteiger charge is 2.12. The maximum atomic E-state index is 11.7. The Kier molecular flexibility index (Phi) is 5.03. The molecule has 0 saturated carbocycles. The standard InChI is InChI=1S/C13H12N2O3S2/c1-2-18-12(17)10-8-20-13(14-10)15-11(16)6-5-9-4-3-7-19-9/h3-8H,2H2,1H3,(H,14,15,16). The molecule has 0 saturated heterocycles. The van der Waals surface area contributed by atoms with E-state index in [-0.39, 0.29) is 11.6 Å². The van der Waals surface area contributed by atoms with E-state index in [1.165, 1.54) is 17.4 Å². The molecule has 1 N–H and O–H groups in total. The van der Waals surface area contributed by atoms with Crippen LogP contribution in [0.3, 0.4) is 0 Å². The van der Waals surface area contributed by atoms with E-state index in [2.05, 4.69) is 10.3 Å². The van der Waals surface area contributed by atoms with Gasteiger partial charge in [0.1, 0.15) is 0 Å². The molecule has 2 aromatic rings. The number of carbonyl (C=O) groups is 2. The molecule has 2 aromatic heterocycles. The van der Waals surface area contributed by atoms with Crippen molar-refractivity contribution < 1.29 is 14.3 Å². The summed E-state index contributed by atoms with van der Waals surface area (Å²) in [5, 5.41) is 6.46. The third-order valence-corrected chi connectivity index (χ3v) is 3.76. The Bertz CT molecular complexity index is 617. The Morgan fingerprint density at radius 1 is 1.45 bits per heavy atom. The van der Waals surface area contributed by atoms with Gasteiger partial charge in [0.2, 0.25) is 5.91 Å². The summed E-state index contributed by atoms with van der Waals surface area (Å²) in [5.41, 5.74) is 0.203. The molecule has 2 heterocycles. The zero-order valence-corrected chi connectivity index (χ0v) is 12.3.